The van der Waals surface area contributed by atoms with Gasteiger partial charge < -0.3 is 21.4 Å². The number of hydrogen-bond donors (Lipinski definition) is 0. The number of alkyl halides is 2. The number of hydrogen-bond acceptors (Lipinski definition) is 11. The molecule has 12 rings (SSSR count). The van der Waals surface area contributed by atoms with Crippen molar-refractivity contribution in [2.45, 2.75) is 350 Å². The number of carbonyl (C=O) groups excluding carboxylic acids is 3. The first-order valence-electron chi connectivity index (χ1n) is 51.7. The van der Waals surface area contributed by atoms with E-state index in [0.29, 0.717) is 36.1 Å². The second kappa shape index (κ2) is 70.5. The molecule has 133 heavy (non-hydrogen) atoms. The second-order valence-electron chi connectivity index (χ2n) is 36.6. The Morgan fingerprint density at radius 1 is 0.353 bits per heavy atom. The first kappa shape index (κ1) is 115. The molecule has 0 aliphatic carbocycles. The van der Waals surface area contributed by atoms with Crippen molar-refractivity contribution in [3.8, 4) is 39.0 Å². The fourth-order valence-electron chi connectivity index (χ4n) is 19.0. The van der Waals surface area contributed by atoms with Gasteiger partial charge in [0.05, 0.1) is 40.8 Å². The van der Waals surface area contributed by atoms with Crippen molar-refractivity contribution < 1.29 is 134 Å². The smallest absolute Gasteiger partial charge is 1.00 e. The fraction of sp³-hybridized carbons (Fsp3) is 0.526. The first-order chi connectivity index (χ1) is 65.0. The summed E-state index contributed by atoms with van der Waals surface area (Å²) in [6.45, 7) is 14.9. The molecule has 0 bridgehead atoms. The molecule has 10 aromatic rings. The van der Waals surface area contributed by atoms with Crippen LogP contribution in [0.15, 0.2) is 192 Å². The van der Waals surface area contributed by atoms with E-state index in [4.69, 9.17) is 11.4 Å². The SMILES string of the molecule is CCCCCCCCC(CCCCCC)CN1C(=O)C2=C(c3cc(CCCc4ccccc4)c(-c4ccc(-c5sccc5CCCc5ccccc5)s4)s3)N(CC(CCCCCC)CCCCCCCC)C(=O)C2=C1c1cc(CCCc2ccccc2)c(-c2ccc(-c3sccc3CCCc3ccccc3)s2)s1.CCCCCCCCC(CI)CCCCCC.O=CO[O-].[2H]CF.[H-].[K+].[K+]. The third-order valence-electron chi connectivity index (χ3n) is 26.3. The van der Waals surface area contributed by atoms with Crippen molar-refractivity contribution in [2.24, 2.45) is 17.8 Å². The molecule has 2 aliphatic heterocycles. The van der Waals surface area contributed by atoms with Gasteiger partial charge in [0.25, 0.3) is 18.3 Å². The summed E-state index contributed by atoms with van der Waals surface area (Å²) >= 11 is 13.9. The summed E-state index contributed by atoms with van der Waals surface area (Å²) in [6, 6.07) is 63.1. The van der Waals surface area contributed by atoms with E-state index in [-0.39, 0.29) is 122 Å². The Morgan fingerprint density at radius 2 is 0.609 bits per heavy atom. The van der Waals surface area contributed by atoms with E-state index in [2.05, 4.69) is 259 Å². The van der Waals surface area contributed by atoms with Gasteiger partial charge in [-0.3, -0.25) is 18.8 Å². The number of rotatable bonds is 64. The number of halogens is 2. The molecule has 0 spiro atoms. The average Bonchev–Trinajstić information content (AvgIpc) is 1.54. The molecule has 0 N–H and O–H groups in total. The summed E-state index contributed by atoms with van der Waals surface area (Å²) in [6.07, 6.45) is 58.5. The van der Waals surface area contributed by atoms with Crippen molar-refractivity contribution in [3.63, 3.8) is 0 Å². The number of benzene rings is 4. The van der Waals surface area contributed by atoms with Crippen molar-refractivity contribution in [2.75, 3.05) is 24.7 Å². The van der Waals surface area contributed by atoms with Gasteiger partial charge in [-0.25, -0.2) is 0 Å². The monoisotopic (exact) mass is 2080 g/mol. The molecule has 7 nitrogen and oxygen atoms in total. The number of thiophene rings is 6. The summed E-state index contributed by atoms with van der Waals surface area (Å²) in [5.41, 5.74) is 14.1. The quantitative estimate of drug-likeness (QED) is 0.00721. The van der Waals surface area contributed by atoms with Crippen LogP contribution in [0.5, 0.6) is 0 Å². The molecule has 2 amide bonds. The maximum atomic E-state index is 17.1. The molecule has 8 heterocycles. The molecule has 3 unspecified atom stereocenters. The maximum Gasteiger partial charge on any atom is 1.00 e. The summed E-state index contributed by atoms with van der Waals surface area (Å²) in [5, 5.41) is 13.0. The average molecular weight is 2080 g/mol. The van der Waals surface area contributed by atoms with Gasteiger partial charge in [-0.1, -0.05) is 378 Å². The van der Waals surface area contributed by atoms with Crippen LogP contribution in [0, 0.1) is 17.8 Å². The van der Waals surface area contributed by atoms with Crippen LogP contribution < -0.4 is 108 Å². The zero-order valence-electron chi connectivity index (χ0n) is 84.5. The van der Waals surface area contributed by atoms with E-state index < -0.39 is 7.15 Å². The predicted octanol–water partition coefficient (Wildman–Crippen LogP) is 29.8. The number of amides is 2. The fourth-order valence-corrected chi connectivity index (χ4v) is 27.0. The molecule has 4 aromatic carbocycles. The van der Waals surface area contributed by atoms with Crippen molar-refractivity contribution >= 4 is 120 Å². The molecule has 0 radical (unpaired) electrons. The van der Waals surface area contributed by atoms with E-state index in [1.54, 1.807) is 0 Å². The van der Waals surface area contributed by atoms with Crippen LogP contribution >= 0.6 is 90.6 Å². The largest absolute Gasteiger partial charge is 1.00 e. The second-order valence-corrected chi connectivity index (χ2v) is 43.6. The van der Waals surface area contributed by atoms with Crippen LogP contribution in [-0.4, -0.2) is 52.8 Å². The van der Waals surface area contributed by atoms with Gasteiger partial charge in [0.2, 0.25) is 0 Å². The number of unbranched alkanes of at least 4 members (excludes halogenated alkanes) is 24. The van der Waals surface area contributed by atoms with Crippen LogP contribution in [0.4, 0.5) is 4.39 Å². The Balaban J connectivity index is 0.000000916. The van der Waals surface area contributed by atoms with Gasteiger partial charge in [0.15, 0.2) is 0 Å². The minimum absolute atomic E-state index is 0. The number of fused-ring (bicyclic) bond motifs is 1. The van der Waals surface area contributed by atoms with Crippen LogP contribution in [0.2, 0.25) is 0 Å². The summed E-state index contributed by atoms with van der Waals surface area (Å²) in [7, 11) is -1.00. The normalized spacial score (nSPS) is 13.1. The minimum Gasteiger partial charge on any atom is -1.00 e. The van der Waals surface area contributed by atoms with E-state index in [0.717, 1.165) is 143 Å². The molecule has 17 heteroatoms. The zero-order chi connectivity index (χ0) is 93.4. The summed E-state index contributed by atoms with van der Waals surface area (Å²) in [5.74, 6) is 1.72. The molecule has 0 fully saturated rings. The Labute approximate surface area is 929 Å². The molecule has 0 saturated heterocycles. The maximum absolute atomic E-state index is 17.1. The molecule has 0 saturated carbocycles. The van der Waals surface area contributed by atoms with E-state index in [1.165, 1.54) is 281 Å². The van der Waals surface area contributed by atoms with Crippen LogP contribution in [-0.2, 0) is 70.6 Å². The topological polar surface area (TPSA) is 90.0 Å². The van der Waals surface area contributed by atoms with Gasteiger partial charge in [-0.2, -0.15) is 0 Å². The standard InChI is InChI=1S/C98H120N2O2S6.C16H33I.CH3F.CH2O3.2K.H/c1-5-9-13-17-19-27-51-77(49-25-15-11-7-3)71-99-91(87-69-81(59-39-55-75-45-33-23-34-46-75)95(107-87)85-63-61-83(105-85)93-79(65-67-103-93)57-37-53-73-41-29-21-30-42-73)89-90(97(99)101)92(100(98(89)102)72-78(50-26-16-12-8-4)52-28-20-18-14-10-6-2)88-70-82(60-40-56-76-47-35-24-36-48-76)96(108-88)86-64-62-84(106-86)94-80(66-68-104-94)58-38-54-74-43-31-22-32-44-74;1-3-5-7-9-10-12-14-16(15-17)13-11-8-6-4-2;1-2;2-1-4-3;;;/h21-24,29-36,41-48,61-70,77-78H,5-20,25-28,37-40,49-60,71-72H2,1-4H3;16H,3-15H2,1-2H3;1H3;1,3H;;;/q;;;;2*+1;-1/p-1/i;;1D;;;;. The van der Waals surface area contributed by atoms with E-state index in [9.17, 15) is 4.39 Å². The Hall–Kier alpha value is -3.14. The van der Waals surface area contributed by atoms with Gasteiger partial charge >= 0.3 is 103 Å². The molecular weight excluding hydrogens is 1920 g/mol. The molecular formula is C116H158FIK2N2O5S6. The molecule has 2 aliphatic rings. The Morgan fingerprint density at radius 3 is 0.887 bits per heavy atom. The third kappa shape index (κ3) is 39.9. The van der Waals surface area contributed by atoms with Gasteiger partial charge in [0.1, 0.15) is 0 Å². The van der Waals surface area contributed by atoms with Crippen LogP contribution in [0.3, 0.4) is 0 Å². The van der Waals surface area contributed by atoms with Crippen molar-refractivity contribution in [1.82, 2.24) is 9.80 Å². The Bertz CT molecular complexity index is 4570. The van der Waals surface area contributed by atoms with Crippen LogP contribution in [0.1, 0.15) is 355 Å². The number of aryl methyl sites for hydroxylation is 8. The first-order valence-corrected chi connectivity index (χ1v) is 57.5. The summed E-state index contributed by atoms with van der Waals surface area (Å²) < 4.78 is 16.9. The number of carbonyl (C=O) groups is 3. The molecule has 3 atom stereocenters. The number of nitrogens with zero attached hydrogens (tertiary/aromatic N) is 2. The Kier molecular flexibility index (Phi) is 61.0. The predicted molar refractivity (Wildman–Crippen MR) is 578 cm³/mol. The zero-order valence-corrected chi connectivity index (χ0v) is 95.8. The van der Waals surface area contributed by atoms with Gasteiger partial charge in [0, 0.05) is 56.5 Å². The van der Waals surface area contributed by atoms with Crippen molar-refractivity contribution in [3.05, 3.63) is 246 Å². The van der Waals surface area contributed by atoms with Crippen LogP contribution in [0.25, 0.3) is 50.4 Å². The van der Waals surface area contributed by atoms with Gasteiger partial charge in [-0.15, -0.1) is 68.0 Å². The third-order valence-corrected chi connectivity index (χ3v) is 34.7. The van der Waals surface area contributed by atoms with Gasteiger partial charge in [-0.05, 0) is 237 Å². The molecule has 6 aromatic heterocycles. The minimum atomic E-state index is -1.00. The van der Waals surface area contributed by atoms with Crippen molar-refractivity contribution in [1.29, 1.82) is 0 Å². The summed E-state index contributed by atoms with van der Waals surface area (Å²) in [4.78, 5) is 62.6. The van der Waals surface area contributed by atoms with E-state index in [1.807, 2.05) is 68.0 Å². The van der Waals surface area contributed by atoms with E-state index >= 15 is 9.59 Å². The molecule has 714 valence electrons.